The summed E-state index contributed by atoms with van der Waals surface area (Å²) in [4.78, 5) is 39.8. The average Bonchev–Trinajstić information content (AvgIpc) is 3.19. The molecule has 31 heavy (non-hydrogen) atoms. The van der Waals surface area contributed by atoms with Crippen LogP contribution in [0.25, 0.3) is 5.82 Å². The van der Waals surface area contributed by atoms with Crippen LogP contribution in [0.1, 0.15) is 21.6 Å². The van der Waals surface area contributed by atoms with Crippen molar-refractivity contribution in [1.82, 2.24) is 29.8 Å². The summed E-state index contributed by atoms with van der Waals surface area (Å²) in [5, 5.41) is 10.5. The third-order valence-corrected chi connectivity index (χ3v) is 5.15. The van der Waals surface area contributed by atoms with Crippen LogP contribution in [0.3, 0.4) is 0 Å². The third-order valence-electron chi connectivity index (χ3n) is 5.15. The molecule has 0 atom stereocenters. The zero-order valence-electron chi connectivity index (χ0n) is 17.0. The van der Waals surface area contributed by atoms with Gasteiger partial charge in [0, 0.05) is 32.2 Å². The molecule has 0 radical (unpaired) electrons. The van der Waals surface area contributed by atoms with Crippen molar-refractivity contribution in [3.8, 4) is 5.82 Å². The first-order valence-corrected chi connectivity index (χ1v) is 9.88. The van der Waals surface area contributed by atoms with Crippen LogP contribution in [-0.4, -0.2) is 68.0 Å². The third kappa shape index (κ3) is 4.47. The SMILES string of the molecule is Cc1c(C(=O)N2CCN(C(=O)OCc3ccccc3)CC2)cnn1-c1ccc(=O)[nH]n1. The molecule has 4 rings (SSSR count). The van der Waals surface area contributed by atoms with Gasteiger partial charge >= 0.3 is 6.09 Å². The molecule has 2 amide bonds. The number of piperazine rings is 1. The van der Waals surface area contributed by atoms with Gasteiger partial charge in [-0.15, -0.1) is 0 Å². The van der Waals surface area contributed by atoms with E-state index in [0.717, 1.165) is 5.56 Å². The molecule has 1 N–H and O–H groups in total. The molecule has 10 nitrogen and oxygen atoms in total. The maximum absolute atomic E-state index is 13.0. The van der Waals surface area contributed by atoms with Crippen LogP contribution in [0.5, 0.6) is 0 Å². The second kappa shape index (κ2) is 8.82. The lowest BCUT2D eigenvalue weighted by atomic mass is 10.2. The molecular weight excluding hydrogens is 400 g/mol. The van der Waals surface area contributed by atoms with Crippen LogP contribution in [-0.2, 0) is 11.3 Å². The van der Waals surface area contributed by atoms with Crippen molar-refractivity contribution in [1.29, 1.82) is 0 Å². The average molecular weight is 422 g/mol. The van der Waals surface area contributed by atoms with Crippen molar-refractivity contribution in [2.75, 3.05) is 26.2 Å². The minimum absolute atomic E-state index is 0.162. The summed E-state index contributed by atoms with van der Waals surface area (Å²) in [5.74, 6) is 0.257. The van der Waals surface area contributed by atoms with Gasteiger partial charge in [0.05, 0.1) is 17.5 Å². The van der Waals surface area contributed by atoms with E-state index in [1.54, 1.807) is 16.7 Å². The lowest BCUT2D eigenvalue weighted by molar-refractivity contribution is 0.0543. The van der Waals surface area contributed by atoms with E-state index in [0.29, 0.717) is 43.3 Å². The Morgan fingerprint density at radius 3 is 2.42 bits per heavy atom. The predicted octanol–water partition coefficient (Wildman–Crippen LogP) is 1.36. The lowest BCUT2D eigenvalue weighted by Gasteiger charge is -2.34. The van der Waals surface area contributed by atoms with Crippen LogP contribution in [0.2, 0.25) is 0 Å². The molecule has 1 aliphatic rings. The van der Waals surface area contributed by atoms with Gasteiger partial charge in [0.15, 0.2) is 5.82 Å². The number of hydrogen-bond acceptors (Lipinski definition) is 6. The molecule has 1 fully saturated rings. The molecule has 3 heterocycles. The van der Waals surface area contributed by atoms with Crippen molar-refractivity contribution in [2.45, 2.75) is 13.5 Å². The molecule has 3 aromatic rings. The van der Waals surface area contributed by atoms with E-state index in [9.17, 15) is 14.4 Å². The summed E-state index contributed by atoms with van der Waals surface area (Å²) < 4.78 is 6.87. The summed E-state index contributed by atoms with van der Waals surface area (Å²) in [7, 11) is 0. The van der Waals surface area contributed by atoms with Crippen molar-refractivity contribution in [3.63, 3.8) is 0 Å². The zero-order chi connectivity index (χ0) is 21.8. The van der Waals surface area contributed by atoms with E-state index in [-0.39, 0.29) is 24.2 Å². The van der Waals surface area contributed by atoms with Crippen molar-refractivity contribution < 1.29 is 14.3 Å². The zero-order valence-corrected chi connectivity index (χ0v) is 17.0. The molecule has 0 bridgehead atoms. The Morgan fingerprint density at radius 2 is 1.74 bits per heavy atom. The standard InChI is InChI=1S/C21H22N6O4/c1-15-17(13-22-27(15)18-7-8-19(28)24-23-18)20(29)25-9-11-26(12-10-25)21(30)31-14-16-5-3-2-4-6-16/h2-8,13H,9-12,14H2,1H3,(H,24,28). The number of nitrogens with zero attached hydrogens (tertiary/aromatic N) is 5. The second-order valence-corrected chi connectivity index (χ2v) is 7.15. The maximum Gasteiger partial charge on any atom is 0.410 e. The van der Waals surface area contributed by atoms with E-state index in [1.165, 1.54) is 23.0 Å². The number of hydrogen-bond donors (Lipinski definition) is 1. The van der Waals surface area contributed by atoms with Gasteiger partial charge in [-0.3, -0.25) is 9.59 Å². The second-order valence-electron chi connectivity index (χ2n) is 7.15. The van der Waals surface area contributed by atoms with Crippen molar-refractivity contribution in [3.05, 3.63) is 75.8 Å². The van der Waals surface area contributed by atoms with Gasteiger partial charge < -0.3 is 14.5 Å². The first-order valence-electron chi connectivity index (χ1n) is 9.88. The summed E-state index contributed by atoms with van der Waals surface area (Å²) in [6.07, 6.45) is 1.11. The molecule has 1 aliphatic heterocycles. The summed E-state index contributed by atoms with van der Waals surface area (Å²) in [5.41, 5.74) is 1.68. The monoisotopic (exact) mass is 422 g/mol. The summed E-state index contributed by atoms with van der Waals surface area (Å²) >= 11 is 0. The van der Waals surface area contributed by atoms with E-state index in [2.05, 4.69) is 15.3 Å². The smallest absolute Gasteiger partial charge is 0.410 e. The van der Waals surface area contributed by atoms with Crippen LogP contribution < -0.4 is 5.56 Å². The largest absolute Gasteiger partial charge is 0.445 e. The minimum atomic E-state index is -0.385. The molecule has 0 spiro atoms. The number of amides is 2. The van der Waals surface area contributed by atoms with E-state index in [4.69, 9.17) is 4.74 Å². The first kappa shape index (κ1) is 20.3. The topological polar surface area (TPSA) is 113 Å². The number of carbonyl (C=O) groups excluding carboxylic acids is 2. The molecule has 0 aliphatic carbocycles. The Balaban J connectivity index is 1.34. The number of aromatic amines is 1. The highest BCUT2D eigenvalue weighted by molar-refractivity contribution is 5.95. The highest BCUT2D eigenvalue weighted by Crippen LogP contribution is 2.16. The molecule has 0 unspecified atom stereocenters. The Bertz CT molecular complexity index is 1110. The first-order chi connectivity index (χ1) is 15.0. The van der Waals surface area contributed by atoms with Crippen LogP contribution in [0.15, 0.2) is 53.5 Å². The normalized spacial score (nSPS) is 13.8. The Hall–Kier alpha value is -3.95. The van der Waals surface area contributed by atoms with Gasteiger partial charge in [-0.1, -0.05) is 30.3 Å². The molecule has 2 aromatic heterocycles. The minimum Gasteiger partial charge on any atom is -0.445 e. The van der Waals surface area contributed by atoms with Gasteiger partial charge in [-0.2, -0.15) is 10.2 Å². The van der Waals surface area contributed by atoms with E-state index >= 15 is 0 Å². The van der Waals surface area contributed by atoms with E-state index < -0.39 is 0 Å². The molecule has 160 valence electrons. The fourth-order valence-electron chi connectivity index (χ4n) is 3.38. The lowest BCUT2D eigenvalue weighted by Crippen LogP contribution is -2.50. The molecule has 10 heteroatoms. The Kier molecular flexibility index (Phi) is 5.78. The molecule has 1 saturated heterocycles. The highest BCUT2D eigenvalue weighted by atomic mass is 16.6. The molecular formula is C21H22N6O4. The fourth-order valence-corrected chi connectivity index (χ4v) is 3.38. The van der Waals surface area contributed by atoms with Crippen LogP contribution in [0, 0.1) is 6.92 Å². The van der Waals surface area contributed by atoms with Crippen molar-refractivity contribution in [2.24, 2.45) is 0 Å². The number of benzene rings is 1. The number of carbonyl (C=O) groups is 2. The Labute approximate surface area is 178 Å². The van der Waals surface area contributed by atoms with E-state index in [1.807, 2.05) is 30.3 Å². The Morgan fingerprint density at radius 1 is 1.03 bits per heavy atom. The number of ether oxygens (including phenoxy) is 1. The number of aromatic nitrogens is 4. The van der Waals surface area contributed by atoms with Gasteiger partial charge in [0.1, 0.15) is 6.61 Å². The quantitative estimate of drug-likeness (QED) is 0.679. The van der Waals surface area contributed by atoms with Crippen LogP contribution >= 0.6 is 0 Å². The molecule has 0 saturated carbocycles. The number of rotatable bonds is 4. The summed E-state index contributed by atoms with van der Waals surface area (Å²) in [6.45, 7) is 3.59. The van der Waals surface area contributed by atoms with Gasteiger partial charge in [0.2, 0.25) is 0 Å². The van der Waals surface area contributed by atoms with Gasteiger partial charge in [0.25, 0.3) is 11.5 Å². The summed E-state index contributed by atoms with van der Waals surface area (Å²) in [6, 6.07) is 12.4. The van der Waals surface area contributed by atoms with Crippen molar-refractivity contribution >= 4 is 12.0 Å². The van der Waals surface area contributed by atoms with Gasteiger partial charge in [-0.25, -0.2) is 14.6 Å². The fraction of sp³-hybridized carbons (Fsp3) is 0.286. The van der Waals surface area contributed by atoms with Gasteiger partial charge in [-0.05, 0) is 18.6 Å². The number of nitrogens with one attached hydrogen (secondary N) is 1. The molecule has 1 aromatic carbocycles. The highest BCUT2D eigenvalue weighted by Gasteiger charge is 2.27. The van der Waals surface area contributed by atoms with Crippen LogP contribution in [0.4, 0.5) is 4.79 Å². The predicted molar refractivity (Wildman–Crippen MR) is 111 cm³/mol. The number of H-pyrrole nitrogens is 1. The maximum atomic E-state index is 13.0.